The van der Waals surface area contributed by atoms with Crippen LogP contribution in [-0.4, -0.2) is 32.9 Å². The Balaban J connectivity index is 1.43. The molecule has 5 rings (SSSR count). The first-order valence-electron chi connectivity index (χ1n) is 13.5. The molecule has 6 nitrogen and oxygen atoms in total. The molecule has 0 bridgehead atoms. The molecule has 42 heavy (non-hydrogen) atoms. The summed E-state index contributed by atoms with van der Waals surface area (Å²) in [6.07, 6.45) is 2.38. The van der Waals surface area contributed by atoms with Crippen LogP contribution in [0.5, 0.6) is 5.75 Å². The molecule has 3 aromatic carbocycles. The van der Waals surface area contributed by atoms with E-state index in [4.69, 9.17) is 40.2 Å². The molecule has 1 fully saturated rings. The number of hydrogen-bond acceptors (Lipinski definition) is 4. The summed E-state index contributed by atoms with van der Waals surface area (Å²) in [5.41, 5.74) is 5.09. The number of hydrogen-bond donors (Lipinski definition) is 0. The first kappa shape index (κ1) is 29.6. The molecule has 0 atom stereocenters. The Morgan fingerprint density at radius 1 is 0.881 bits per heavy atom. The maximum atomic E-state index is 13.7. The van der Waals surface area contributed by atoms with E-state index in [0.717, 1.165) is 28.2 Å². The molecule has 1 saturated heterocycles. The third-order valence-electron chi connectivity index (χ3n) is 7.07. The van der Waals surface area contributed by atoms with E-state index < -0.39 is 5.91 Å². The van der Waals surface area contributed by atoms with Crippen LogP contribution in [0.15, 0.2) is 84.4 Å². The van der Waals surface area contributed by atoms with E-state index >= 15 is 0 Å². The molecule has 9 heteroatoms. The summed E-state index contributed by atoms with van der Waals surface area (Å²) in [4.78, 5) is 30.2. The topological polar surface area (TPSA) is 54.8 Å². The number of anilines is 1. The summed E-state index contributed by atoms with van der Waals surface area (Å²) in [6.45, 7) is 6.66. The normalized spacial score (nSPS) is 14.7. The number of carbonyl (C=O) groups excluding carboxylic acids is 2. The number of para-hydroxylation sites is 1. The van der Waals surface area contributed by atoms with Gasteiger partial charge in [0.2, 0.25) is 0 Å². The minimum atomic E-state index is -0.435. The number of carbonyl (C=O) groups is 2. The average Bonchev–Trinajstić information content (AvgIpc) is 3.26. The standard InChI is InChI=1S/C33H29Cl2N3O3S/c1-4-16-36-31(39)29(32(40)38(33(36)42)26-8-6-5-7-9-26)18-24-17-21(2)37(22(24)3)27-12-14-28(15-13-27)41-20-23-10-11-25(34)19-30(23)35/h5-15,17-19H,4,16,20H2,1-3H3/b29-18-. The van der Waals surface area contributed by atoms with Gasteiger partial charge in [0.15, 0.2) is 5.11 Å². The average molecular weight is 619 g/mol. The molecule has 0 unspecified atom stereocenters. The highest BCUT2D eigenvalue weighted by molar-refractivity contribution is 7.80. The van der Waals surface area contributed by atoms with Crippen molar-refractivity contribution in [1.82, 2.24) is 9.47 Å². The largest absolute Gasteiger partial charge is 0.489 e. The van der Waals surface area contributed by atoms with Gasteiger partial charge in [0.05, 0.1) is 5.69 Å². The maximum Gasteiger partial charge on any atom is 0.270 e. The van der Waals surface area contributed by atoms with E-state index in [1.165, 1.54) is 9.80 Å². The Morgan fingerprint density at radius 2 is 1.60 bits per heavy atom. The van der Waals surface area contributed by atoms with Crippen LogP contribution >= 0.6 is 35.4 Å². The van der Waals surface area contributed by atoms with Crippen molar-refractivity contribution >= 4 is 64.1 Å². The fraction of sp³-hybridized carbons (Fsp3) is 0.182. The molecule has 0 N–H and O–H groups in total. The van der Waals surface area contributed by atoms with Gasteiger partial charge in [-0.2, -0.15) is 0 Å². The highest BCUT2D eigenvalue weighted by Crippen LogP contribution is 2.30. The van der Waals surface area contributed by atoms with Crippen LogP contribution in [0.4, 0.5) is 5.69 Å². The van der Waals surface area contributed by atoms with E-state index in [1.54, 1.807) is 18.2 Å². The molecular formula is C33H29Cl2N3O3S. The van der Waals surface area contributed by atoms with Crippen LogP contribution in [-0.2, 0) is 16.2 Å². The molecule has 1 aromatic heterocycles. The fourth-order valence-corrected chi connectivity index (χ4v) is 5.80. The number of amides is 2. The second-order valence-electron chi connectivity index (χ2n) is 9.95. The Kier molecular flexibility index (Phi) is 8.82. The minimum absolute atomic E-state index is 0.0748. The van der Waals surface area contributed by atoms with Crippen LogP contribution in [0.2, 0.25) is 10.0 Å². The van der Waals surface area contributed by atoms with Crippen LogP contribution < -0.4 is 9.64 Å². The van der Waals surface area contributed by atoms with Crippen LogP contribution in [0.1, 0.15) is 35.9 Å². The van der Waals surface area contributed by atoms with Gasteiger partial charge in [0.25, 0.3) is 11.8 Å². The number of ether oxygens (including phenoxy) is 1. The van der Waals surface area contributed by atoms with Gasteiger partial charge in [0, 0.05) is 39.2 Å². The lowest BCUT2D eigenvalue weighted by atomic mass is 10.1. The zero-order valence-electron chi connectivity index (χ0n) is 23.4. The molecule has 0 saturated carbocycles. The lowest BCUT2D eigenvalue weighted by Gasteiger charge is -2.36. The Labute approximate surface area is 260 Å². The van der Waals surface area contributed by atoms with Gasteiger partial charge >= 0.3 is 0 Å². The number of benzene rings is 3. The van der Waals surface area contributed by atoms with Crippen molar-refractivity contribution < 1.29 is 14.3 Å². The van der Waals surface area contributed by atoms with Crippen LogP contribution in [0, 0.1) is 13.8 Å². The number of aromatic nitrogens is 1. The highest BCUT2D eigenvalue weighted by Gasteiger charge is 2.40. The summed E-state index contributed by atoms with van der Waals surface area (Å²) >= 11 is 17.9. The van der Waals surface area contributed by atoms with Crippen molar-refractivity contribution in [2.24, 2.45) is 0 Å². The predicted octanol–water partition coefficient (Wildman–Crippen LogP) is 7.93. The molecule has 214 valence electrons. The number of nitrogens with zero attached hydrogens (tertiary/aromatic N) is 3. The van der Waals surface area contributed by atoms with Gasteiger partial charge in [-0.15, -0.1) is 0 Å². The second-order valence-corrected chi connectivity index (χ2v) is 11.2. The molecule has 0 aliphatic carbocycles. The number of halogens is 2. The third-order valence-corrected chi connectivity index (χ3v) is 8.06. The van der Waals surface area contributed by atoms with Gasteiger partial charge in [0.1, 0.15) is 17.9 Å². The van der Waals surface area contributed by atoms with Crippen molar-refractivity contribution in [1.29, 1.82) is 0 Å². The van der Waals surface area contributed by atoms with Crippen molar-refractivity contribution in [2.45, 2.75) is 33.8 Å². The molecule has 2 amide bonds. The van der Waals surface area contributed by atoms with Crippen molar-refractivity contribution in [3.8, 4) is 11.4 Å². The molecular weight excluding hydrogens is 589 g/mol. The lowest BCUT2D eigenvalue weighted by Crippen LogP contribution is -2.56. The van der Waals surface area contributed by atoms with E-state index in [0.29, 0.717) is 41.1 Å². The van der Waals surface area contributed by atoms with Gasteiger partial charge in [-0.05, 0) is 98.7 Å². The van der Waals surface area contributed by atoms with E-state index in [9.17, 15) is 9.59 Å². The van der Waals surface area contributed by atoms with E-state index in [-0.39, 0.29) is 16.6 Å². The summed E-state index contributed by atoms with van der Waals surface area (Å²) in [5, 5.41) is 1.33. The SMILES string of the molecule is CCCN1C(=O)/C(=C/c2cc(C)n(-c3ccc(OCc4ccc(Cl)cc4Cl)cc3)c2C)C(=O)N(c2ccccc2)C1=S. The molecule has 0 spiro atoms. The Bertz CT molecular complexity index is 1700. The zero-order chi connectivity index (χ0) is 30.0. The fourth-order valence-electron chi connectivity index (χ4n) is 4.98. The van der Waals surface area contributed by atoms with Gasteiger partial charge in [-0.3, -0.25) is 19.4 Å². The monoisotopic (exact) mass is 617 g/mol. The van der Waals surface area contributed by atoms with Crippen molar-refractivity contribution in [2.75, 3.05) is 11.4 Å². The van der Waals surface area contributed by atoms with E-state index in [2.05, 4.69) is 4.57 Å². The minimum Gasteiger partial charge on any atom is -0.489 e. The van der Waals surface area contributed by atoms with Crippen LogP contribution in [0.3, 0.4) is 0 Å². The van der Waals surface area contributed by atoms with Crippen molar-refractivity contribution in [3.05, 3.63) is 117 Å². The highest BCUT2D eigenvalue weighted by atomic mass is 35.5. The summed E-state index contributed by atoms with van der Waals surface area (Å²) in [5.74, 6) is -0.122. The Hall–Kier alpha value is -3.91. The summed E-state index contributed by atoms with van der Waals surface area (Å²) in [7, 11) is 0. The van der Waals surface area contributed by atoms with Gasteiger partial charge in [-0.25, -0.2) is 0 Å². The maximum absolute atomic E-state index is 13.7. The molecule has 1 aliphatic heterocycles. The summed E-state index contributed by atoms with van der Waals surface area (Å²) in [6, 6.07) is 24.2. The molecule has 4 aromatic rings. The smallest absolute Gasteiger partial charge is 0.270 e. The van der Waals surface area contributed by atoms with Crippen LogP contribution in [0.25, 0.3) is 11.8 Å². The number of thiocarbonyl (C=S) groups is 1. The number of rotatable bonds is 8. The first-order valence-corrected chi connectivity index (χ1v) is 14.7. The zero-order valence-corrected chi connectivity index (χ0v) is 25.8. The van der Waals surface area contributed by atoms with E-state index in [1.807, 2.05) is 87.5 Å². The molecule has 0 radical (unpaired) electrons. The van der Waals surface area contributed by atoms with Crippen molar-refractivity contribution in [3.63, 3.8) is 0 Å². The molecule has 2 heterocycles. The molecule has 1 aliphatic rings. The number of aryl methyl sites for hydroxylation is 1. The second kappa shape index (κ2) is 12.5. The lowest BCUT2D eigenvalue weighted by molar-refractivity contribution is -0.127. The third kappa shape index (κ3) is 5.86. The summed E-state index contributed by atoms with van der Waals surface area (Å²) < 4.78 is 8.01. The Morgan fingerprint density at radius 3 is 2.26 bits per heavy atom. The quantitative estimate of drug-likeness (QED) is 0.114. The predicted molar refractivity (Wildman–Crippen MR) is 173 cm³/mol. The first-order chi connectivity index (χ1) is 20.2. The van der Waals surface area contributed by atoms with Gasteiger partial charge < -0.3 is 9.30 Å². The van der Waals surface area contributed by atoms with Gasteiger partial charge in [-0.1, -0.05) is 54.4 Å².